The van der Waals surface area contributed by atoms with Crippen molar-refractivity contribution in [3.8, 4) is 0 Å². The second kappa shape index (κ2) is 5.86. The van der Waals surface area contributed by atoms with E-state index in [1.807, 2.05) is 31.2 Å². The molecule has 0 radical (unpaired) electrons. The van der Waals surface area contributed by atoms with Crippen molar-refractivity contribution in [1.29, 1.82) is 0 Å². The predicted molar refractivity (Wildman–Crippen MR) is 81.1 cm³/mol. The summed E-state index contributed by atoms with van der Waals surface area (Å²) < 4.78 is 0.954. The Morgan fingerprint density at radius 3 is 2.53 bits per heavy atom. The number of nitrogens with two attached hydrogens (primary N) is 1. The van der Waals surface area contributed by atoms with Crippen molar-refractivity contribution in [2.24, 2.45) is 5.84 Å². The molecule has 0 aliphatic rings. The number of hydrazine groups is 1. The molecule has 0 atom stereocenters. The third-order valence-electron chi connectivity index (χ3n) is 2.84. The summed E-state index contributed by atoms with van der Waals surface area (Å²) in [4.78, 5) is 12.2. The summed E-state index contributed by atoms with van der Waals surface area (Å²) in [6, 6.07) is 12.7. The molecule has 1 amide bonds. The second-order valence-corrected chi connectivity index (χ2v) is 4.91. The van der Waals surface area contributed by atoms with E-state index in [4.69, 9.17) is 5.84 Å². The van der Waals surface area contributed by atoms with Gasteiger partial charge in [0.05, 0.1) is 11.3 Å². The molecular formula is C14H14BrN3O. The number of amides is 1. The molecule has 0 heterocycles. The van der Waals surface area contributed by atoms with E-state index in [9.17, 15) is 4.79 Å². The van der Waals surface area contributed by atoms with Gasteiger partial charge in [0.15, 0.2) is 0 Å². The van der Waals surface area contributed by atoms with Gasteiger partial charge in [-0.1, -0.05) is 34.1 Å². The average Bonchev–Trinajstić information content (AvgIpc) is 2.43. The fourth-order valence-corrected chi connectivity index (χ4v) is 2.11. The maximum atomic E-state index is 12.2. The normalized spacial score (nSPS) is 10.1. The van der Waals surface area contributed by atoms with Crippen molar-refractivity contribution in [2.75, 3.05) is 10.7 Å². The van der Waals surface area contributed by atoms with Crippen LogP contribution in [-0.4, -0.2) is 5.91 Å². The van der Waals surface area contributed by atoms with E-state index in [1.54, 1.807) is 18.2 Å². The number of halogens is 1. The van der Waals surface area contributed by atoms with Crippen LogP contribution in [0.3, 0.4) is 0 Å². The molecule has 2 aromatic carbocycles. The quantitative estimate of drug-likeness (QED) is 0.600. The van der Waals surface area contributed by atoms with E-state index in [0.717, 1.165) is 15.7 Å². The lowest BCUT2D eigenvalue weighted by molar-refractivity contribution is 0.102. The second-order valence-electron chi connectivity index (χ2n) is 4.06. The number of hydrogen-bond donors (Lipinski definition) is 3. The SMILES string of the molecule is Cc1c(Br)cccc1NC(=O)c1ccccc1NN. The molecule has 98 valence electrons. The monoisotopic (exact) mass is 319 g/mol. The summed E-state index contributed by atoms with van der Waals surface area (Å²) in [6.07, 6.45) is 0. The van der Waals surface area contributed by atoms with Crippen molar-refractivity contribution >= 4 is 33.2 Å². The molecule has 4 nitrogen and oxygen atoms in total. The first kappa shape index (κ1) is 13.6. The van der Waals surface area contributed by atoms with Crippen molar-refractivity contribution in [2.45, 2.75) is 6.92 Å². The van der Waals surface area contributed by atoms with Gasteiger partial charge in [0.25, 0.3) is 5.91 Å². The number of para-hydroxylation sites is 1. The average molecular weight is 320 g/mol. The number of anilines is 2. The van der Waals surface area contributed by atoms with E-state index in [0.29, 0.717) is 11.3 Å². The van der Waals surface area contributed by atoms with Gasteiger partial charge < -0.3 is 10.7 Å². The van der Waals surface area contributed by atoms with Crippen LogP contribution in [0.1, 0.15) is 15.9 Å². The van der Waals surface area contributed by atoms with Crippen LogP contribution < -0.4 is 16.6 Å². The minimum absolute atomic E-state index is 0.199. The highest BCUT2D eigenvalue weighted by molar-refractivity contribution is 9.10. The van der Waals surface area contributed by atoms with Crippen molar-refractivity contribution in [3.05, 3.63) is 58.1 Å². The van der Waals surface area contributed by atoms with Crippen LogP contribution >= 0.6 is 15.9 Å². The van der Waals surface area contributed by atoms with Crippen molar-refractivity contribution < 1.29 is 4.79 Å². The molecule has 4 N–H and O–H groups in total. The molecule has 0 aliphatic heterocycles. The summed E-state index contributed by atoms with van der Waals surface area (Å²) in [7, 11) is 0. The van der Waals surface area contributed by atoms with Crippen LogP contribution in [0.15, 0.2) is 46.9 Å². The fraction of sp³-hybridized carbons (Fsp3) is 0.0714. The third kappa shape index (κ3) is 2.94. The number of hydrogen-bond acceptors (Lipinski definition) is 3. The lowest BCUT2D eigenvalue weighted by Gasteiger charge is -2.12. The van der Waals surface area contributed by atoms with E-state index in [-0.39, 0.29) is 5.91 Å². The summed E-state index contributed by atoms with van der Waals surface area (Å²) in [5.74, 6) is 5.20. The maximum Gasteiger partial charge on any atom is 0.257 e. The maximum absolute atomic E-state index is 12.2. The van der Waals surface area contributed by atoms with E-state index >= 15 is 0 Å². The zero-order valence-electron chi connectivity index (χ0n) is 10.4. The number of nitrogen functional groups attached to an aromatic ring is 1. The van der Waals surface area contributed by atoms with Crippen molar-refractivity contribution in [1.82, 2.24) is 0 Å². The van der Waals surface area contributed by atoms with Gasteiger partial charge in [-0.05, 0) is 36.8 Å². The number of benzene rings is 2. The number of rotatable bonds is 3. The topological polar surface area (TPSA) is 67.2 Å². The van der Waals surface area contributed by atoms with Gasteiger partial charge >= 0.3 is 0 Å². The van der Waals surface area contributed by atoms with Crippen molar-refractivity contribution in [3.63, 3.8) is 0 Å². The van der Waals surface area contributed by atoms with Crippen LogP contribution in [0, 0.1) is 6.92 Å². The standard InChI is InChI=1S/C14H14BrN3O/c1-9-11(15)6-4-8-12(9)17-14(19)10-5-2-3-7-13(10)18-16/h2-8,18H,16H2,1H3,(H,17,19). The first-order valence-electron chi connectivity index (χ1n) is 5.75. The predicted octanol–water partition coefficient (Wildman–Crippen LogP) is 3.30. The van der Waals surface area contributed by atoms with E-state index in [1.165, 1.54) is 0 Å². The molecule has 2 rings (SSSR count). The minimum atomic E-state index is -0.199. The largest absolute Gasteiger partial charge is 0.323 e. The van der Waals surface area contributed by atoms with Gasteiger partial charge in [-0.2, -0.15) is 0 Å². The molecular weight excluding hydrogens is 306 g/mol. The summed E-state index contributed by atoms with van der Waals surface area (Å²) in [6.45, 7) is 1.94. The van der Waals surface area contributed by atoms with Crippen LogP contribution in [0.4, 0.5) is 11.4 Å². The highest BCUT2D eigenvalue weighted by Gasteiger charge is 2.12. The number of nitrogens with one attached hydrogen (secondary N) is 2. The Kier molecular flexibility index (Phi) is 4.19. The lowest BCUT2D eigenvalue weighted by Crippen LogP contribution is -2.17. The molecule has 5 heteroatoms. The van der Waals surface area contributed by atoms with Gasteiger partial charge in [-0.15, -0.1) is 0 Å². The van der Waals surface area contributed by atoms with E-state index < -0.39 is 0 Å². The summed E-state index contributed by atoms with van der Waals surface area (Å²) in [5.41, 5.74) is 5.36. The van der Waals surface area contributed by atoms with Crippen LogP contribution in [-0.2, 0) is 0 Å². The van der Waals surface area contributed by atoms with Gasteiger partial charge in [-0.3, -0.25) is 10.6 Å². The fourth-order valence-electron chi connectivity index (χ4n) is 1.74. The molecule has 0 bridgehead atoms. The van der Waals surface area contributed by atoms with Crippen LogP contribution in [0.5, 0.6) is 0 Å². The van der Waals surface area contributed by atoms with Gasteiger partial charge in [-0.25, -0.2) is 0 Å². The molecule has 0 unspecified atom stereocenters. The number of carbonyl (C=O) groups is 1. The highest BCUT2D eigenvalue weighted by atomic mass is 79.9. The molecule has 2 aromatic rings. The Labute approximate surface area is 120 Å². The first-order chi connectivity index (χ1) is 9.13. The summed E-state index contributed by atoms with van der Waals surface area (Å²) >= 11 is 3.44. The Morgan fingerprint density at radius 1 is 1.11 bits per heavy atom. The molecule has 0 spiro atoms. The lowest BCUT2D eigenvalue weighted by atomic mass is 10.1. The Bertz CT molecular complexity index is 613. The molecule has 0 saturated heterocycles. The number of carbonyl (C=O) groups excluding carboxylic acids is 1. The van der Waals surface area contributed by atoms with Gasteiger partial charge in [0, 0.05) is 10.2 Å². The molecule has 19 heavy (non-hydrogen) atoms. The first-order valence-corrected chi connectivity index (χ1v) is 6.55. The third-order valence-corrected chi connectivity index (χ3v) is 3.70. The van der Waals surface area contributed by atoms with Gasteiger partial charge in [0.2, 0.25) is 0 Å². The summed E-state index contributed by atoms with van der Waals surface area (Å²) in [5, 5.41) is 2.88. The molecule has 0 saturated carbocycles. The smallest absolute Gasteiger partial charge is 0.257 e. The Hall–Kier alpha value is -1.85. The molecule has 0 aliphatic carbocycles. The molecule has 0 aromatic heterocycles. The highest BCUT2D eigenvalue weighted by Crippen LogP contribution is 2.24. The molecule has 0 fully saturated rings. The zero-order valence-corrected chi connectivity index (χ0v) is 12.0. The Morgan fingerprint density at radius 2 is 1.79 bits per heavy atom. The van der Waals surface area contributed by atoms with Gasteiger partial charge in [0.1, 0.15) is 0 Å². The zero-order chi connectivity index (χ0) is 13.8. The van der Waals surface area contributed by atoms with Crippen LogP contribution in [0.25, 0.3) is 0 Å². The Balaban J connectivity index is 2.28. The van der Waals surface area contributed by atoms with E-state index in [2.05, 4.69) is 26.7 Å². The minimum Gasteiger partial charge on any atom is -0.323 e. The van der Waals surface area contributed by atoms with Crippen LogP contribution in [0.2, 0.25) is 0 Å².